The Labute approximate surface area is 123 Å². The molecular weight excluding hydrogens is 282 g/mol. The van der Waals surface area contributed by atoms with Gasteiger partial charge in [-0.05, 0) is 32.4 Å². The smallest absolute Gasteiger partial charge is 0.322 e. The van der Waals surface area contributed by atoms with Crippen LogP contribution in [0.5, 0.6) is 6.01 Å². The summed E-state index contributed by atoms with van der Waals surface area (Å²) >= 11 is 5.82. The van der Waals surface area contributed by atoms with Gasteiger partial charge >= 0.3 is 6.01 Å². The first kappa shape index (κ1) is 16.4. The van der Waals surface area contributed by atoms with Crippen LogP contribution in [0.25, 0.3) is 0 Å². The van der Waals surface area contributed by atoms with Crippen LogP contribution in [-0.4, -0.2) is 59.0 Å². The average molecular weight is 302 g/mol. The molecule has 0 unspecified atom stereocenters. The number of amides is 1. The van der Waals surface area contributed by atoms with Crippen molar-refractivity contribution >= 4 is 23.5 Å². The molecular formula is C12H20ClN5O2. The van der Waals surface area contributed by atoms with Gasteiger partial charge in [-0.25, -0.2) is 0 Å². The largest absolute Gasteiger partial charge is 0.464 e. The van der Waals surface area contributed by atoms with Crippen LogP contribution in [0.1, 0.15) is 20.8 Å². The lowest BCUT2D eigenvalue weighted by atomic mass is 10.4. The maximum Gasteiger partial charge on any atom is 0.322 e. The molecule has 1 aromatic heterocycles. The first-order valence-corrected chi connectivity index (χ1v) is 6.92. The third-order valence-corrected chi connectivity index (χ3v) is 2.85. The van der Waals surface area contributed by atoms with E-state index in [4.69, 9.17) is 16.3 Å². The summed E-state index contributed by atoms with van der Waals surface area (Å²) in [5.41, 5.74) is 0. The summed E-state index contributed by atoms with van der Waals surface area (Å²) < 4.78 is 5.20. The van der Waals surface area contributed by atoms with Crippen molar-refractivity contribution in [3.63, 3.8) is 0 Å². The second-order valence-electron chi connectivity index (χ2n) is 4.04. The second kappa shape index (κ2) is 7.84. The van der Waals surface area contributed by atoms with Gasteiger partial charge < -0.3 is 14.5 Å². The lowest BCUT2D eigenvalue weighted by Gasteiger charge is -2.23. The molecule has 0 aliphatic rings. The Kier molecular flexibility index (Phi) is 6.44. The summed E-state index contributed by atoms with van der Waals surface area (Å²) in [7, 11) is 1.72. The van der Waals surface area contributed by atoms with Crippen LogP contribution in [0, 0.1) is 0 Å². The minimum Gasteiger partial charge on any atom is -0.464 e. The minimum atomic E-state index is 0.00648. The van der Waals surface area contributed by atoms with Gasteiger partial charge in [0, 0.05) is 20.1 Å². The Balaban J connectivity index is 2.81. The van der Waals surface area contributed by atoms with Gasteiger partial charge in [0.05, 0.1) is 13.2 Å². The fraction of sp³-hybridized carbons (Fsp3) is 0.667. The Morgan fingerprint density at radius 1 is 1.20 bits per heavy atom. The molecule has 1 amide bonds. The molecule has 0 spiro atoms. The number of ether oxygens (including phenoxy) is 1. The Bertz CT molecular complexity index is 453. The predicted octanol–water partition coefficient (Wildman–Crippen LogP) is 1.23. The van der Waals surface area contributed by atoms with E-state index in [1.807, 2.05) is 20.8 Å². The summed E-state index contributed by atoms with van der Waals surface area (Å²) in [5, 5.41) is 0.0422. The third-order valence-electron chi connectivity index (χ3n) is 2.68. The molecule has 0 aromatic carbocycles. The lowest BCUT2D eigenvalue weighted by Crippen LogP contribution is -2.39. The van der Waals surface area contributed by atoms with Gasteiger partial charge in [0.2, 0.25) is 17.1 Å². The fourth-order valence-corrected chi connectivity index (χ4v) is 1.78. The van der Waals surface area contributed by atoms with Gasteiger partial charge in [-0.2, -0.15) is 15.0 Å². The van der Waals surface area contributed by atoms with Crippen LogP contribution in [0.3, 0.4) is 0 Å². The van der Waals surface area contributed by atoms with Crippen LogP contribution < -0.4 is 9.64 Å². The van der Waals surface area contributed by atoms with E-state index in [9.17, 15) is 4.79 Å². The number of rotatable bonds is 7. The standard InChI is InChI=1S/C12H20ClN5O2/c1-5-18(6-2)9(19)8-17(4)11-14-10(13)15-12(16-11)20-7-3/h5-8H2,1-4H3. The first-order valence-electron chi connectivity index (χ1n) is 6.55. The normalized spacial score (nSPS) is 10.2. The highest BCUT2D eigenvalue weighted by atomic mass is 35.5. The SMILES string of the molecule is CCOc1nc(Cl)nc(N(C)CC(=O)N(CC)CC)n1. The second-order valence-corrected chi connectivity index (χ2v) is 4.38. The number of carbonyl (C=O) groups is 1. The number of carbonyl (C=O) groups excluding carboxylic acids is 1. The molecule has 0 N–H and O–H groups in total. The average Bonchev–Trinajstić information content (AvgIpc) is 2.39. The molecule has 0 saturated heterocycles. The predicted molar refractivity (Wildman–Crippen MR) is 77.2 cm³/mol. The van der Waals surface area contributed by atoms with Crippen molar-refractivity contribution < 1.29 is 9.53 Å². The number of anilines is 1. The van der Waals surface area contributed by atoms with Crippen molar-refractivity contribution in [2.75, 3.05) is 38.2 Å². The molecule has 20 heavy (non-hydrogen) atoms. The summed E-state index contributed by atoms with van der Waals surface area (Å²) in [5.74, 6) is 0.320. The van der Waals surface area contributed by atoms with Crippen LogP contribution in [0.2, 0.25) is 5.28 Å². The molecule has 0 aliphatic carbocycles. The van der Waals surface area contributed by atoms with E-state index in [0.29, 0.717) is 25.6 Å². The molecule has 0 aliphatic heterocycles. The zero-order valence-electron chi connectivity index (χ0n) is 12.3. The van der Waals surface area contributed by atoms with E-state index in [1.54, 1.807) is 16.8 Å². The highest BCUT2D eigenvalue weighted by molar-refractivity contribution is 6.28. The minimum absolute atomic E-state index is 0.00648. The lowest BCUT2D eigenvalue weighted by molar-refractivity contribution is -0.129. The molecule has 0 saturated carbocycles. The molecule has 1 rings (SSSR count). The maximum absolute atomic E-state index is 12.0. The van der Waals surface area contributed by atoms with Crippen molar-refractivity contribution in [2.45, 2.75) is 20.8 Å². The van der Waals surface area contributed by atoms with Gasteiger partial charge in [0.25, 0.3) is 0 Å². The van der Waals surface area contributed by atoms with Gasteiger partial charge in [-0.1, -0.05) is 0 Å². The van der Waals surface area contributed by atoms with E-state index in [-0.39, 0.29) is 23.7 Å². The van der Waals surface area contributed by atoms with Crippen LogP contribution in [0.4, 0.5) is 5.95 Å². The zero-order valence-corrected chi connectivity index (χ0v) is 13.0. The van der Waals surface area contributed by atoms with Crippen molar-refractivity contribution in [3.8, 4) is 6.01 Å². The fourth-order valence-electron chi connectivity index (χ4n) is 1.64. The number of hydrogen-bond acceptors (Lipinski definition) is 6. The topological polar surface area (TPSA) is 71.5 Å². The van der Waals surface area contributed by atoms with E-state index in [2.05, 4.69) is 15.0 Å². The Morgan fingerprint density at radius 2 is 1.85 bits per heavy atom. The van der Waals surface area contributed by atoms with Crippen LogP contribution in [0.15, 0.2) is 0 Å². The summed E-state index contributed by atoms with van der Waals surface area (Å²) in [4.78, 5) is 27.4. The highest BCUT2D eigenvalue weighted by Gasteiger charge is 2.16. The van der Waals surface area contributed by atoms with Crippen LogP contribution >= 0.6 is 11.6 Å². The van der Waals surface area contributed by atoms with E-state index < -0.39 is 0 Å². The van der Waals surface area contributed by atoms with Gasteiger partial charge in [-0.15, -0.1) is 0 Å². The van der Waals surface area contributed by atoms with E-state index in [1.165, 1.54) is 0 Å². The summed E-state index contributed by atoms with van der Waals surface area (Å²) in [6, 6.07) is 0.157. The third kappa shape index (κ3) is 4.48. The molecule has 0 bridgehead atoms. The number of likely N-dealkylation sites (N-methyl/N-ethyl adjacent to an activating group) is 2. The maximum atomic E-state index is 12.0. The number of hydrogen-bond donors (Lipinski definition) is 0. The molecule has 0 atom stereocenters. The zero-order chi connectivity index (χ0) is 15.1. The molecule has 1 heterocycles. The molecule has 0 radical (unpaired) electrons. The number of nitrogens with zero attached hydrogens (tertiary/aromatic N) is 5. The number of halogens is 1. The van der Waals surface area contributed by atoms with E-state index in [0.717, 1.165) is 0 Å². The monoisotopic (exact) mass is 301 g/mol. The number of aromatic nitrogens is 3. The van der Waals surface area contributed by atoms with Gasteiger partial charge in [-0.3, -0.25) is 4.79 Å². The molecule has 0 fully saturated rings. The highest BCUT2D eigenvalue weighted by Crippen LogP contribution is 2.14. The van der Waals surface area contributed by atoms with Crippen molar-refractivity contribution in [2.24, 2.45) is 0 Å². The van der Waals surface area contributed by atoms with Gasteiger partial charge in [0.1, 0.15) is 0 Å². The van der Waals surface area contributed by atoms with Crippen molar-refractivity contribution in [1.82, 2.24) is 19.9 Å². The summed E-state index contributed by atoms with van der Waals surface area (Å²) in [6.45, 7) is 7.65. The Hall–Kier alpha value is -1.63. The quantitative estimate of drug-likeness (QED) is 0.754. The van der Waals surface area contributed by atoms with E-state index >= 15 is 0 Å². The van der Waals surface area contributed by atoms with Crippen molar-refractivity contribution in [3.05, 3.63) is 5.28 Å². The van der Waals surface area contributed by atoms with Crippen LogP contribution in [-0.2, 0) is 4.79 Å². The molecule has 7 nitrogen and oxygen atoms in total. The molecule has 112 valence electrons. The Morgan fingerprint density at radius 3 is 2.40 bits per heavy atom. The molecule has 8 heteroatoms. The summed E-state index contributed by atoms with van der Waals surface area (Å²) in [6.07, 6.45) is 0. The van der Waals surface area contributed by atoms with Gasteiger partial charge in [0.15, 0.2) is 0 Å². The van der Waals surface area contributed by atoms with Crippen molar-refractivity contribution in [1.29, 1.82) is 0 Å². The first-order chi connectivity index (χ1) is 9.51. The molecule has 1 aromatic rings.